The first-order valence-electron chi connectivity index (χ1n) is 10.4. The van der Waals surface area contributed by atoms with Gasteiger partial charge in [0.05, 0.1) is 19.3 Å². The minimum absolute atomic E-state index is 0.0375. The number of carbonyl (C=O) groups excluding carboxylic acids is 1. The molecule has 0 bridgehead atoms. The fourth-order valence-electron chi connectivity index (χ4n) is 3.49. The molecule has 0 saturated carbocycles. The smallest absolute Gasteiger partial charge is 0.258 e. The van der Waals surface area contributed by atoms with Crippen LogP contribution in [-0.2, 0) is 14.9 Å². The number of nitrogens with one attached hydrogen (secondary N) is 1. The van der Waals surface area contributed by atoms with Crippen LogP contribution in [0.3, 0.4) is 0 Å². The molecule has 5 nitrogen and oxygen atoms in total. The molecule has 0 aromatic heterocycles. The Morgan fingerprint density at radius 3 is 2.33 bits per heavy atom. The zero-order chi connectivity index (χ0) is 21.6. The van der Waals surface area contributed by atoms with Gasteiger partial charge in [0.25, 0.3) is 5.91 Å². The SMILES string of the molecule is CC(C)(C)c1ccc(OCC(=O)NCC(c2ccc(F)cc2)N2CCOCC2)cc1. The first kappa shape index (κ1) is 22.2. The summed E-state index contributed by atoms with van der Waals surface area (Å²) in [4.78, 5) is 14.6. The lowest BCUT2D eigenvalue weighted by Crippen LogP contribution is -2.44. The summed E-state index contributed by atoms with van der Waals surface area (Å²) < 4.78 is 24.4. The van der Waals surface area contributed by atoms with Gasteiger partial charge in [0.2, 0.25) is 0 Å². The minimum Gasteiger partial charge on any atom is -0.484 e. The highest BCUT2D eigenvalue weighted by molar-refractivity contribution is 5.77. The number of ether oxygens (including phenoxy) is 2. The third-order valence-corrected chi connectivity index (χ3v) is 5.32. The van der Waals surface area contributed by atoms with Gasteiger partial charge in [0.1, 0.15) is 11.6 Å². The molecule has 3 rings (SSSR count). The maximum absolute atomic E-state index is 13.3. The molecule has 1 fully saturated rings. The molecule has 1 amide bonds. The average molecular weight is 415 g/mol. The van der Waals surface area contributed by atoms with E-state index in [2.05, 4.69) is 31.0 Å². The number of carbonyl (C=O) groups is 1. The Labute approximate surface area is 178 Å². The van der Waals surface area contributed by atoms with E-state index in [-0.39, 0.29) is 29.8 Å². The Morgan fingerprint density at radius 1 is 1.10 bits per heavy atom. The molecule has 0 radical (unpaired) electrons. The third-order valence-electron chi connectivity index (χ3n) is 5.32. The summed E-state index contributed by atoms with van der Waals surface area (Å²) in [5, 5.41) is 2.96. The van der Waals surface area contributed by atoms with Crippen molar-refractivity contribution in [1.82, 2.24) is 10.2 Å². The van der Waals surface area contributed by atoms with Crippen LogP contribution in [0.2, 0.25) is 0 Å². The summed E-state index contributed by atoms with van der Waals surface area (Å²) in [6.07, 6.45) is 0. The van der Waals surface area contributed by atoms with E-state index in [0.29, 0.717) is 25.5 Å². The van der Waals surface area contributed by atoms with Crippen LogP contribution < -0.4 is 10.1 Å². The molecule has 1 aliphatic rings. The molecule has 1 unspecified atom stereocenters. The molecule has 0 spiro atoms. The van der Waals surface area contributed by atoms with E-state index in [1.165, 1.54) is 17.7 Å². The van der Waals surface area contributed by atoms with Gasteiger partial charge in [-0.3, -0.25) is 9.69 Å². The molecule has 1 atom stereocenters. The Morgan fingerprint density at radius 2 is 1.73 bits per heavy atom. The van der Waals surface area contributed by atoms with E-state index in [9.17, 15) is 9.18 Å². The van der Waals surface area contributed by atoms with Crippen molar-refractivity contribution in [2.45, 2.75) is 32.2 Å². The molecule has 2 aromatic rings. The molecule has 0 aliphatic carbocycles. The van der Waals surface area contributed by atoms with Crippen LogP contribution in [0, 0.1) is 5.82 Å². The van der Waals surface area contributed by atoms with Gasteiger partial charge in [0, 0.05) is 19.6 Å². The van der Waals surface area contributed by atoms with Gasteiger partial charge in [-0.25, -0.2) is 4.39 Å². The van der Waals surface area contributed by atoms with Crippen LogP contribution in [0.15, 0.2) is 48.5 Å². The summed E-state index contributed by atoms with van der Waals surface area (Å²) in [6.45, 7) is 9.69. The minimum atomic E-state index is -0.269. The van der Waals surface area contributed by atoms with Gasteiger partial charge in [-0.1, -0.05) is 45.0 Å². The third kappa shape index (κ3) is 6.28. The molecule has 1 heterocycles. The molecule has 1 saturated heterocycles. The number of halogens is 1. The molecule has 30 heavy (non-hydrogen) atoms. The Bertz CT molecular complexity index is 810. The van der Waals surface area contributed by atoms with Crippen LogP contribution in [-0.4, -0.2) is 50.3 Å². The second-order valence-corrected chi connectivity index (χ2v) is 8.58. The number of morpholine rings is 1. The van der Waals surface area contributed by atoms with E-state index in [4.69, 9.17) is 9.47 Å². The number of rotatable bonds is 7. The second-order valence-electron chi connectivity index (χ2n) is 8.58. The van der Waals surface area contributed by atoms with E-state index < -0.39 is 0 Å². The van der Waals surface area contributed by atoms with E-state index in [1.54, 1.807) is 12.1 Å². The van der Waals surface area contributed by atoms with Crippen molar-refractivity contribution in [2.75, 3.05) is 39.5 Å². The van der Waals surface area contributed by atoms with Crippen molar-refractivity contribution >= 4 is 5.91 Å². The van der Waals surface area contributed by atoms with Crippen molar-refractivity contribution in [1.29, 1.82) is 0 Å². The fourth-order valence-corrected chi connectivity index (χ4v) is 3.49. The van der Waals surface area contributed by atoms with Crippen LogP contribution >= 0.6 is 0 Å². The normalized spacial score (nSPS) is 16.1. The number of amides is 1. The Kier molecular flexibility index (Phi) is 7.45. The summed E-state index contributed by atoms with van der Waals surface area (Å²) in [5.41, 5.74) is 2.26. The van der Waals surface area contributed by atoms with Gasteiger partial charge in [-0.15, -0.1) is 0 Å². The predicted molar refractivity (Wildman–Crippen MR) is 115 cm³/mol. The van der Waals surface area contributed by atoms with Gasteiger partial charge in [-0.2, -0.15) is 0 Å². The molecular formula is C24H31FN2O3. The van der Waals surface area contributed by atoms with Crippen LogP contribution in [0.25, 0.3) is 0 Å². The molecule has 6 heteroatoms. The van der Waals surface area contributed by atoms with Gasteiger partial charge in [-0.05, 0) is 40.8 Å². The monoisotopic (exact) mass is 414 g/mol. The average Bonchev–Trinajstić information content (AvgIpc) is 2.74. The first-order chi connectivity index (χ1) is 14.3. The van der Waals surface area contributed by atoms with Crippen molar-refractivity contribution < 1.29 is 18.7 Å². The Balaban J connectivity index is 1.55. The van der Waals surface area contributed by atoms with Gasteiger partial charge < -0.3 is 14.8 Å². The highest BCUT2D eigenvalue weighted by Crippen LogP contribution is 2.24. The number of hydrogen-bond donors (Lipinski definition) is 1. The second kappa shape index (κ2) is 10.0. The van der Waals surface area contributed by atoms with E-state index in [0.717, 1.165) is 18.7 Å². The van der Waals surface area contributed by atoms with Gasteiger partial charge in [0.15, 0.2) is 6.61 Å². The van der Waals surface area contributed by atoms with Crippen LogP contribution in [0.1, 0.15) is 37.9 Å². The summed E-state index contributed by atoms with van der Waals surface area (Å²) >= 11 is 0. The Hall–Kier alpha value is -2.44. The van der Waals surface area contributed by atoms with E-state index in [1.807, 2.05) is 24.3 Å². The zero-order valence-corrected chi connectivity index (χ0v) is 18.0. The maximum Gasteiger partial charge on any atom is 0.258 e. The molecular weight excluding hydrogens is 383 g/mol. The molecule has 1 aliphatic heterocycles. The molecule has 162 valence electrons. The highest BCUT2D eigenvalue weighted by atomic mass is 19.1. The highest BCUT2D eigenvalue weighted by Gasteiger charge is 2.23. The zero-order valence-electron chi connectivity index (χ0n) is 18.0. The van der Waals surface area contributed by atoms with Crippen molar-refractivity contribution in [3.63, 3.8) is 0 Å². The van der Waals surface area contributed by atoms with Crippen LogP contribution in [0.5, 0.6) is 5.75 Å². The summed E-state index contributed by atoms with van der Waals surface area (Å²) in [5.74, 6) is 0.214. The maximum atomic E-state index is 13.3. The number of hydrogen-bond acceptors (Lipinski definition) is 4. The quantitative estimate of drug-likeness (QED) is 0.751. The molecule has 1 N–H and O–H groups in total. The largest absolute Gasteiger partial charge is 0.484 e. The summed E-state index contributed by atoms with van der Waals surface area (Å²) in [7, 11) is 0. The van der Waals surface area contributed by atoms with Crippen molar-refractivity contribution in [3.05, 3.63) is 65.5 Å². The predicted octanol–water partition coefficient (Wildman–Crippen LogP) is 3.69. The van der Waals surface area contributed by atoms with Gasteiger partial charge >= 0.3 is 0 Å². The van der Waals surface area contributed by atoms with Crippen molar-refractivity contribution in [2.24, 2.45) is 0 Å². The lowest BCUT2D eigenvalue weighted by Gasteiger charge is -2.35. The summed E-state index contributed by atoms with van der Waals surface area (Å²) in [6, 6.07) is 14.2. The topological polar surface area (TPSA) is 50.8 Å². The number of nitrogens with zero attached hydrogens (tertiary/aromatic N) is 1. The lowest BCUT2D eigenvalue weighted by molar-refractivity contribution is -0.123. The first-order valence-corrected chi connectivity index (χ1v) is 10.4. The lowest BCUT2D eigenvalue weighted by atomic mass is 9.87. The van der Waals surface area contributed by atoms with Crippen LogP contribution in [0.4, 0.5) is 4.39 Å². The standard InChI is InChI=1S/C24H31FN2O3/c1-24(2,3)19-6-10-21(11-7-19)30-17-23(28)26-16-22(27-12-14-29-15-13-27)18-4-8-20(25)9-5-18/h4-11,22H,12-17H2,1-3H3,(H,26,28). The fraction of sp³-hybridized carbons (Fsp3) is 0.458. The number of benzene rings is 2. The van der Waals surface area contributed by atoms with Crippen molar-refractivity contribution in [3.8, 4) is 5.75 Å². The van der Waals surface area contributed by atoms with E-state index >= 15 is 0 Å². The molecule has 2 aromatic carbocycles.